The number of aliphatic carboxylic acids is 1. The summed E-state index contributed by atoms with van der Waals surface area (Å²) in [6, 6.07) is 0.156. The standard InChI is InChI=1S/C13H25NO4/c1-4-17-7-8-18-11-5-6-13(9-11,12(15)16)14-10(2)3/h10-11,14H,4-9H2,1-3H3,(H,15,16). The molecule has 1 aliphatic rings. The lowest BCUT2D eigenvalue weighted by Gasteiger charge is -2.28. The zero-order chi connectivity index (χ0) is 13.6. The van der Waals surface area contributed by atoms with Crippen molar-refractivity contribution in [3.05, 3.63) is 0 Å². The van der Waals surface area contributed by atoms with Crippen LogP contribution in [0.3, 0.4) is 0 Å². The number of ether oxygens (including phenoxy) is 2. The molecular weight excluding hydrogens is 234 g/mol. The minimum absolute atomic E-state index is 0.0211. The van der Waals surface area contributed by atoms with E-state index in [2.05, 4.69) is 5.32 Å². The molecule has 0 heterocycles. The topological polar surface area (TPSA) is 67.8 Å². The van der Waals surface area contributed by atoms with Gasteiger partial charge >= 0.3 is 5.97 Å². The molecule has 0 aromatic carbocycles. The number of hydrogen-bond acceptors (Lipinski definition) is 4. The Morgan fingerprint density at radius 2 is 2.22 bits per heavy atom. The van der Waals surface area contributed by atoms with Crippen molar-refractivity contribution in [2.45, 2.75) is 57.7 Å². The molecule has 5 nitrogen and oxygen atoms in total. The summed E-state index contributed by atoms with van der Waals surface area (Å²) in [6.07, 6.45) is 1.97. The van der Waals surface area contributed by atoms with Gasteiger partial charge in [0.2, 0.25) is 0 Å². The second-order valence-corrected chi connectivity index (χ2v) is 5.12. The van der Waals surface area contributed by atoms with E-state index in [1.54, 1.807) is 0 Å². The van der Waals surface area contributed by atoms with Crippen LogP contribution in [0.5, 0.6) is 0 Å². The number of carbonyl (C=O) groups is 1. The molecule has 0 saturated heterocycles. The molecule has 0 aromatic rings. The monoisotopic (exact) mass is 259 g/mol. The summed E-state index contributed by atoms with van der Waals surface area (Å²) in [7, 11) is 0. The van der Waals surface area contributed by atoms with Gasteiger partial charge < -0.3 is 14.6 Å². The van der Waals surface area contributed by atoms with Crippen molar-refractivity contribution < 1.29 is 19.4 Å². The molecule has 0 aromatic heterocycles. The predicted octanol–water partition coefficient (Wildman–Crippen LogP) is 1.41. The SMILES string of the molecule is CCOCCOC1CCC(NC(C)C)(C(=O)O)C1. The molecule has 0 radical (unpaired) electrons. The Bertz CT molecular complexity index is 270. The van der Waals surface area contributed by atoms with Crippen LogP contribution in [-0.2, 0) is 14.3 Å². The quantitative estimate of drug-likeness (QED) is 0.645. The Morgan fingerprint density at radius 1 is 1.50 bits per heavy atom. The molecule has 0 bridgehead atoms. The van der Waals surface area contributed by atoms with E-state index in [-0.39, 0.29) is 12.1 Å². The van der Waals surface area contributed by atoms with E-state index < -0.39 is 11.5 Å². The molecule has 0 amide bonds. The van der Waals surface area contributed by atoms with E-state index in [9.17, 15) is 9.90 Å². The number of nitrogens with one attached hydrogen (secondary N) is 1. The predicted molar refractivity (Wildman–Crippen MR) is 68.7 cm³/mol. The highest BCUT2D eigenvalue weighted by Gasteiger charge is 2.46. The first kappa shape index (κ1) is 15.4. The first-order valence-corrected chi connectivity index (χ1v) is 6.70. The van der Waals surface area contributed by atoms with Gasteiger partial charge in [0.25, 0.3) is 0 Å². The molecule has 1 fully saturated rings. The van der Waals surface area contributed by atoms with Crippen LogP contribution in [0.15, 0.2) is 0 Å². The van der Waals surface area contributed by atoms with Gasteiger partial charge in [-0.3, -0.25) is 10.1 Å². The smallest absolute Gasteiger partial charge is 0.324 e. The molecule has 106 valence electrons. The summed E-state index contributed by atoms with van der Waals surface area (Å²) in [5.41, 5.74) is -0.815. The van der Waals surface area contributed by atoms with Crippen molar-refractivity contribution in [1.29, 1.82) is 0 Å². The molecule has 2 unspecified atom stereocenters. The van der Waals surface area contributed by atoms with Crippen LogP contribution in [0.25, 0.3) is 0 Å². The van der Waals surface area contributed by atoms with Crippen molar-refractivity contribution in [3.63, 3.8) is 0 Å². The van der Waals surface area contributed by atoms with Crippen molar-refractivity contribution in [2.75, 3.05) is 19.8 Å². The lowest BCUT2D eigenvalue weighted by Crippen LogP contribution is -2.53. The van der Waals surface area contributed by atoms with Crippen LogP contribution in [0.2, 0.25) is 0 Å². The second-order valence-electron chi connectivity index (χ2n) is 5.12. The first-order chi connectivity index (χ1) is 8.50. The summed E-state index contributed by atoms with van der Waals surface area (Å²) in [6.45, 7) is 7.67. The maximum Gasteiger partial charge on any atom is 0.324 e. The number of rotatable bonds is 8. The third-order valence-electron chi connectivity index (χ3n) is 3.23. The summed E-state index contributed by atoms with van der Waals surface area (Å²) in [5.74, 6) is -0.771. The van der Waals surface area contributed by atoms with Crippen LogP contribution in [0, 0.1) is 0 Å². The lowest BCUT2D eigenvalue weighted by atomic mass is 9.96. The van der Waals surface area contributed by atoms with Crippen LogP contribution < -0.4 is 5.32 Å². The van der Waals surface area contributed by atoms with Gasteiger partial charge in [0.05, 0.1) is 19.3 Å². The highest BCUT2D eigenvalue weighted by atomic mass is 16.5. The molecule has 2 atom stereocenters. The van der Waals surface area contributed by atoms with Gasteiger partial charge in [0.15, 0.2) is 0 Å². The van der Waals surface area contributed by atoms with E-state index in [0.29, 0.717) is 32.7 Å². The largest absolute Gasteiger partial charge is 0.480 e. The highest BCUT2D eigenvalue weighted by molar-refractivity contribution is 5.79. The summed E-state index contributed by atoms with van der Waals surface area (Å²) in [4.78, 5) is 11.4. The Labute approximate surface area is 109 Å². The maximum atomic E-state index is 11.4. The summed E-state index contributed by atoms with van der Waals surface area (Å²) < 4.78 is 10.9. The summed E-state index contributed by atoms with van der Waals surface area (Å²) >= 11 is 0. The third kappa shape index (κ3) is 4.23. The van der Waals surface area contributed by atoms with Crippen molar-refractivity contribution in [2.24, 2.45) is 0 Å². The van der Waals surface area contributed by atoms with E-state index in [4.69, 9.17) is 9.47 Å². The van der Waals surface area contributed by atoms with Crippen LogP contribution in [-0.4, -0.2) is 48.6 Å². The Balaban J connectivity index is 2.42. The van der Waals surface area contributed by atoms with E-state index in [1.807, 2.05) is 20.8 Å². The molecule has 18 heavy (non-hydrogen) atoms. The second kappa shape index (κ2) is 7.07. The van der Waals surface area contributed by atoms with Gasteiger partial charge in [0, 0.05) is 19.1 Å². The minimum atomic E-state index is -0.815. The zero-order valence-corrected chi connectivity index (χ0v) is 11.6. The van der Waals surface area contributed by atoms with Crippen molar-refractivity contribution in [1.82, 2.24) is 5.32 Å². The van der Waals surface area contributed by atoms with Gasteiger partial charge in [-0.15, -0.1) is 0 Å². The normalized spacial score (nSPS) is 27.9. The highest BCUT2D eigenvalue weighted by Crippen LogP contribution is 2.32. The number of hydrogen-bond donors (Lipinski definition) is 2. The number of carboxylic acids is 1. The lowest BCUT2D eigenvalue weighted by molar-refractivity contribution is -0.145. The zero-order valence-electron chi connectivity index (χ0n) is 11.6. The fourth-order valence-electron chi connectivity index (χ4n) is 2.50. The average Bonchev–Trinajstić information content (AvgIpc) is 2.68. The first-order valence-electron chi connectivity index (χ1n) is 6.70. The molecule has 2 N–H and O–H groups in total. The van der Waals surface area contributed by atoms with Crippen LogP contribution >= 0.6 is 0 Å². The van der Waals surface area contributed by atoms with E-state index >= 15 is 0 Å². The van der Waals surface area contributed by atoms with E-state index in [1.165, 1.54) is 0 Å². The average molecular weight is 259 g/mol. The van der Waals surface area contributed by atoms with E-state index in [0.717, 1.165) is 6.42 Å². The number of carboxylic acid groups (broad SMARTS) is 1. The van der Waals surface area contributed by atoms with Gasteiger partial charge in [-0.1, -0.05) is 0 Å². The Kier molecular flexibility index (Phi) is 6.05. The fraction of sp³-hybridized carbons (Fsp3) is 0.923. The fourth-order valence-corrected chi connectivity index (χ4v) is 2.50. The summed E-state index contributed by atoms with van der Waals surface area (Å²) in [5, 5.41) is 12.6. The molecular formula is C13H25NO4. The molecule has 0 spiro atoms. The Hall–Kier alpha value is -0.650. The Morgan fingerprint density at radius 3 is 2.78 bits per heavy atom. The van der Waals surface area contributed by atoms with Gasteiger partial charge in [-0.05, 0) is 33.6 Å². The van der Waals surface area contributed by atoms with Crippen LogP contribution in [0.1, 0.15) is 40.0 Å². The molecule has 1 aliphatic carbocycles. The molecule has 1 rings (SSSR count). The molecule has 0 aliphatic heterocycles. The molecule has 1 saturated carbocycles. The van der Waals surface area contributed by atoms with Crippen molar-refractivity contribution in [3.8, 4) is 0 Å². The van der Waals surface area contributed by atoms with Crippen molar-refractivity contribution >= 4 is 5.97 Å². The third-order valence-corrected chi connectivity index (χ3v) is 3.23. The maximum absolute atomic E-state index is 11.4. The minimum Gasteiger partial charge on any atom is -0.480 e. The van der Waals surface area contributed by atoms with Gasteiger partial charge in [0.1, 0.15) is 5.54 Å². The van der Waals surface area contributed by atoms with Gasteiger partial charge in [-0.2, -0.15) is 0 Å². The van der Waals surface area contributed by atoms with Gasteiger partial charge in [-0.25, -0.2) is 0 Å². The van der Waals surface area contributed by atoms with Crippen LogP contribution in [0.4, 0.5) is 0 Å². The molecule has 5 heteroatoms.